The average molecular weight is 496 g/mol. The molecule has 4 aliphatic rings. The molecule has 2 heterocycles. The van der Waals surface area contributed by atoms with Crippen LogP contribution in [-0.4, -0.2) is 56.4 Å². The van der Waals surface area contributed by atoms with Gasteiger partial charge in [-0.2, -0.15) is 5.26 Å². The van der Waals surface area contributed by atoms with E-state index in [2.05, 4.69) is 23.6 Å². The van der Waals surface area contributed by atoms with Crippen LogP contribution in [-0.2, 0) is 19.7 Å². The maximum absolute atomic E-state index is 14.3. The summed E-state index contributed by atoms with van der Waals surface area (Å²) < 4.78 is 11.3. The summed E-state index contributed by atoms with van der Waals surface area (Å²) in [6.07, 6.45) is 6.02. The summed E-state index contributed by atoms with van der Waals surface area (Å²) in [6, 6.07) is 18.7. The minimum atomic E-state index is -0.970. The summed E-state index contributed by atoms with van der Waals surface area (Å²) in [6.45, 7) is 4.56. The van der Waals surface area contributed by atoms with Gasteiger partial charge in [0.1, 0.15) is 12.8 Å². The summed E-state index contributed by atoms with van der Waals surface area (Å²) >= 11 is 0. The van der Waals surface area contributed by atoms with Gasteiger partial charge in [-0.15, -0.1) is 6.58 Å². The predicted molar refractivity (Wildman–Crippen MR) is 137 cm³/mol. The van der Waals surface area contributed by atoms with Crippen LogP contribution in [0.2, 0.25) is 0 Å². The van der Waals surface area contributed by atoms with Crippen molar-refractivity contribution < 1.29 is 19.1 Å². The average Bonchev–Trinajstić information content (AvgIpc) is 3.40. The lowest BCUT2D eigenvalue weighted by molar-refractivity contribution is -0.125. The molecule has 0 aromatic heterocycles. The highest BCUT2D eigenvalue weighted by Gasteiger charge is 2.78. The number of likely N-dealkylation sites (tertiary alicyclic amines) is 1. The van der Waals surface area contributed by atoms with Crippen molar-refractivity contribution in [1.29, 1.82) is 5.26 Å². The molecule has 2 aromatic rings. The lowest BCUT2D eigenvalue weighted by Crippen LogP contribution is -2.54. The normalized spacial score (nSPS) is 35.0. The number of hydrogen-bond donors (Lipinski definition) is 0. The number of piperidine rings is 1. The van der Waals surface area contributed by atoms with Gasteiger partial charge in [0.2, 0.25) is 5.91 Å². The Hall–Kier alpha value is -3.73. The fourth-order valence-electron chi connectivity index (χ4n) is 7.92. The first-order valence-electron chi connectivity index (χ1n) is 12.5. The van der Waals surface area contributed by atoms with Crippen LogP contribution in [0, 0.1) is 34.5 Å². The largest absolute Gasteiger partial charge is 0.462 e. The molecule has 1 saturated carbocycles. The van der Waals surface area contributed by atoms with Gasteiger partial charge in [0, 0.05) is 30.4 Å². The van der Waals surface area contributed by atoms with Gasteiger partial charge < -0.3 is 9.47 Å². The number of anilines is 1. The highest BCUT2D eigenvalue weighted by Crippen LogP contribution is 2.71. The first kappa shape index (κ1) is 23.7. The van der Waals surface area contributed by atoms with Crippen LogP contribution in [0.4, 0.5) is 5.69 Å². The van der Waals surface area contributed by atoms with Crippen molar-refractivity contribution in [3.05, 3.63) is 90.5 Å². The molecule has 0 unspecified atom stereocenters. The molecule has 0 radical (unpaired) electrons. The zero-order chi connectivity index (χ0) is 25.9. The molecule has 2 aromatic carbocycles. The quantitative estimate of drug-likeness (QED) is 0.450. The highest BCUT2D eigenvalue weighted by atomic mass is 16.5. The Balaban J connectivity index is 1.46. The third kappa shape index (κ3) is 2.83. The second-order valence-corrected chi connectivity index (χ2v) is 10.4. The third-order valence-electron chi connectivity index (χ3n) is 9.16. The van der Waals surface area contributed by atoms with Crippen LogP contribution < -0.4 is 4.90 Å². The number of carbonyl (C=O) groups is 2. The van der Waals surface area contributed by atoms with E-state index in [0.717, 1.165) is 11.3 Å². The van der Waals surface area contributed by atoms with E-state index in [1.165, 1.54) is 0 Å². The maximum Gasteiger partial charge on any atom is 0.338 e. The zero-order valence-corrected chi connectivity index (χ0v) is 20.9. The Bertz CT molecular complexity index is 1350. The van der Waals surface area contributed by atoms with E-state index in [1.54, 1.807) is 36.3 Å². The van der Waals surface area contributed by atoms with Gasteiger partial charge in [-0.05, 0) is 36.7 Å². The van der Waals surface area contributed by atoms with Crippen LogP contribution in [0.5, 0.6) is 0 Å². The van der Waals surface area contributed by atoms with Crippen LogP contribution >= 0.6 is 0 Å². The summed E-state index contributed by atoms with van der Waals surface area (Å²) in [4.78, 5) is 30.9. The van der Waals surface area contributed by atoms with Crippen molar-refractivity contribution in [2.24, 2.45) is 23.2 Å². The molecule has 4 bridgehead atoms. The second kappa shape index (κ2) is 8.41. The van der Waals surface area contributed by atoms with E-state index < -0.39 is 16.9 Å². The Labute approximate surface area is 216 Å². The number of rotatable bonds is 6. The van der Waals surface area contributed by atoms with E-state index in [4.69, 9.17) is 9.47 Å². The SMILES string of the molecule is C=C[C@]12[C@@H]3C=C[C@]4(C(=O)N(COC)c5ccccc54)[C@H]1[C@@H]([C@H]3COC(=O)c1ccccc1)N(C)[C@H]2C#N. The minimum Gasteiger partial charge on any atom is -0.462 e. The number of para-hydroxylation sites is 1. The van der Waals surface area contributed by atoms with E-state index in [0.29, 0.717) is 5.56 Å². The summed E-state index contributed by atoms with van der Waals surface area (Å²) in [5.41, 5.74) is 0.590. The lowest BCUT2D eigenvalue weighted by atomic mass is 9.54. The predicted octanol–water partition coefficient (Wildman–Crippen LogP) is 3.54. The fraction of sp³-hybridized carbons (Fsp3) is 0.367. The topological polar surface area (TPSA) is 82.9 Å². The first-order valence-corrected chi connectivity index (χ1v) is 12.5. The van der Waals surface area contributed by atoms with Crippen molar-refractivity contribution in [2.75, 3.05) is 32.4 Å². The Morgan fingerprint density at radius 2 is 1.92 bits per heavy atom. The van der Waals surface area contributed by atoms with Crippen molar-refractivity contribution in [3.63, 3.8) is 0 Å². The lowest BCUT2D eigenvalue weighted by Gasteiger charge is -2.47. The maximum atomic E-state index is 14.3. The van der Waals surface area contributed by atoms with Gasteiger partial charge in [-0.3, -0.25) is 14.6 Å². The molecule has 7 atom stereocenters. The number of benzene rings is 2. The van der Waals surface area contributed by atoms with E-state index >= 15 is 0 Å². The zero-order valence-electron chi connectivity index (χ0n) is 20.9. The molecular weight excluding hydrogens is 466 g/mol. The number of esters is 1. The van der Waals surface area contributed by atoms with Crippen LogP contribution in [0.1, 0.15) is 15.9 Å². The summed E-state index contributed by atoms with van der Waals surface area (Å²) in [5.74, 6) is -0.875. The third-order valence-corrected chi connectivity index (χ3v) is 9.16. The van der Waals surface area contributed by atoms with Crippen molar-refractivity contribution in [2.45, 2.75) is 17.5 Å². The van der Waals surface area contributed by atoms with Gasteiger partial charge >= 0.3 is 5.97 Å². The number of amides is 1. The Morgan fingerprint density at radius 3 is 2.62 bits per heavy atom. The van der Waals surface area contributed by atoms with Gasteiger partial charge in [-0.1, -0.05) is 54.6 Å². The second-order valence-electron chi connectivity index (χ2n) is 10.4. The Kier molecular flexibility index (Phi) is 5.37. The van der Waals surface area contributed by atoms with Gasteiger partial charge in [0.05, 0.1) is 29.3 Å². The van der Waals surface area contributed by atoms with Crippen LogP contribution in [0.15, 0.2) is 79.4 Å². The van der Waals surface area contributed by atoms with Gasteiger partial charge in [-0.25, -0.2) is 4.79 Å². The fourth-order valence-corrected chi connectivity index (χ4v) is 7.92. The molecule has 188 valence electrons. The summed E-state index contributed by atoms with van der Waals surface area (Å²) in [5, 5.41) is 10.3. The van der Waals surface area contributed by atoms with Crippen molar-refractivity contribution >= 4 is 17.6 Å². The standard InChI is InChI=1S/C30H29N3O4/c1-4-29-21-14-15-30(22-12-8-9-13-23(22)33(18-36-3)28(30)35)26(29)25(32(2)24(29)16-31)20(21)17-37-27(34)19-10-6-5-7-11-19/h4-15,20-21,24-26H,1,17-18H2,2-3H3/t20-,21+,24-,25+,26-,29+,30+/m0/s1. The van der Waals surface area contributed by atoms with E-state index in [9.17, 15) is 14.9 Å². The molecule has 0 N–H and O–H groups in total. The van der Waals surface area contributed by atoms with E-state index in [1.807, 2.05) is 49.5 Å². The number of fused-ring (bicyclic) bond motifs is 2. The number of ether oxygens (including phenoxy) is 2. The van der Waals surface area contributed by atoms with Crippen molar-refractivity contribution in [1.82, 2.24) is 4.90 Å². The highest BCUT2D eigenvalue weighted by molar-refractivity contribution is 6.10. The number of hydrogen-bond acceptors (Lipinski definition) is 6. The molecule has 2 fully saturated rings. The smallest absolute Gasteiger partial charge is 0.338 e. The molecular formula is C30H29N3O4. The number of methoxy groups -OCH3 is 1. The first-order chi connectivity index (χ1) is 18.0. The monoisotopic (exact) mass is 495 g/mol. The molecule has 1 saturated heterocycles. The molecule has 2 aliphatic heterocycles. The Morgan fingerprint density at radius 1 is 1.19 bits per heavy atom. The number of nitriles is 1. The molecule has 7 heteroatoms. The number of allylic oxidation sites excluding steroid dienone is 1. The molecule has 37 heavy (non-hydrogen) atoms. The molecule has 6 rings (SSSR count). The molecule has 2 aliphatic carbocycles. The van der Waals surface area contributed by atoms with Gasteiger partial charge in [0.25, 0.3) is 0 Å². The van der Waals surface area contributed by atoms with Crippen LogP contribution in [0.25, 0.3) is 0 Å². The number of nitrogens with zero attached hydrogens (tertiary/aromatic N) is 3. The van der Waals surface area contributed by atoms with Gasteiger partial charge in [0.15, 0.2) is 0 Å². The molecule has 1 spiro atoms. The van der Waals surface area contributed by atoms with Crippen molar-refractivity contribution in [3.8, 4) is 6.07 Å². The summed E-state index contributed by atoms with van der Waals surface area (Å²) in [7, 11) is 3.52. The molecule has 1 amide bonds. The number of carbonyl (C=O) groups excluding carboxylic acids is 2. The molecule has 7 nitrogen and oxygen atoms in total. The minimum absolute atomic E-state index is 0.0552. The van der Waals surface area contributed by atoms with Crippen LogP contribution in [0.3, 0.4) is 0 Å². The van der Waals surface area contributed by atoms with E-state index in [-0.39, 0.29) is 49.0 Å².